The summed E-state index contributed by atoms with van der Waals surface area (Å²) >= 11 is 0. The maximum atomic E-state index is 5.82. The van der Waals surface area contributed by atoms with E-state index < -0.39 is 0 Å². The zero-order valence-electron chi connectivity index (χ0n) is 11.6. The summed E-state index contributed by atoms with van der Waals surface area (Å²) in [6.07, 6.45) is 1.03. The Balaban J connectivity index is 1.70. The van der Waals surface area contributed by atoms with Crippen LogP contribution in [0.2, 0.25) is 0 Å². The number of benzene rings is 1. The third-order valence-corrected chi connectivity index (χ3v) is 3.87. The van der Waals surface area contributed by atoms with Gasteiger partial charge in [-0.15, -0.1) is 0 Å². The highest BCUT2D eigenvalue weighted by Crippen LogP contribution is 2.37. The summed E-state index contributed by atoms with van der Waals surface area (Å²) in [6.45, 7) is 8.99. The molecule has 0 atom stereocenters. The molecule has 4 heteroatoms. The predicted octanol–water partition coefficient (Wildman–Crippen LogP) is 1.21. The van der Waals surface area contributed by atoms with Gasteiger partial charge in [0.25, 0.3) is 0 Å². The first kappa shape index (κ1) is 12.8. The van der Waals surface area contributed by atoms with Gasteiger partial charge in [-0.1, -0.05) is 12.1 Å². The third kappa shape index (κ3) is 2.85. The molecule has 0 spiro atoms. The molecule has 2 aliphatic heterocycles. The van der Waals surface area contributed by atoms with Gasteiger partial charge in [0.2, 0.25) is 0 Å². The maximum Gasteiger partial charge on any atom is 0.164 e. The van der Waals surface area contributed by atoms with Crippen molar-refractivity contribution in [1.29, 1.82) is 0 Å². The highest BCUT2D eigenvalue weighted by Gasteiger charge is 2.19. The molecule has 1 saturated heterocycles. The Kier molecular flexibility index (Phi) is 3.89. The zero-order valence-corrected chi connectivity index (χ0v) is 11.6. The van der Waals surface area contributed by atoms with Crippen LogP contribution < -0.4 is 14.8 Å². The average Bonchev–Trinajstić information content (AvgIpc) is 2.48. The standard InChI is InChI=1S/C15H22N2O2/c1-12-2-3-13(15-14(12)18-10-11-19-15)4-7-17-8-5-16-6-9-17/h2-3,16H,4-11H2,1H3. The first-order chi connectivity index (χ1) is 9.34. The third-order valence-electron chi connectivity index (χ3n) is 3.87. The monoisotopic (exact) mass is 262 g/mol. The molecule has 0 bridgehead atoms. The molecule has 19 heavy (non-hydrogen) atoms. The number of hydrogen-bond acceptors (Lipinski definition) is 4. The van der Waals surface area contributed by atoms with Crippen molar-refractivity contribution in [3.63, 3.8) is 0 Å². The number of rotatable bonds is 3. The summed E-state index contributed by atoms with van der Waals surface area (Å²) in [6, 6.07) is 4.33. The van der Waals surface area contributed by atoms with Gasteiger partial charge in [-0.25, -0.2) is 0 Å². The van der Waals surface area contributed by atoms with Crippen molar-refractivity contribution in [2.45, 2.75) is 13.3 Å². The lowest BCUT2D eigenvalue weighted by Crippen LogP contribution is -2.44. The topological polar surface area (TPSA) is 33.7 Å². The summed E-state index contributed by atoms with van der Waals surface area (Å²) < 4.78 is 11.6. The molecule has 104 valence electrons. The molecule has 0 saturated carbocycles. The molecule has 0 radical (unpaired) electrons. The summed E-state index contributed by atoms with van der Waals surface area (Å²) in [7, 11) is 0. The fourth-order valence-electron chi connectivity index (χ4n) is 2.74. The smallest absolute Gasteiger partial charge is 0.164 e. The normalized spacial score (nSPS) is 19.4. The van der Waals surface area contributed by atoms with Gasteiger partial charge in [-0.3, -0.25) is 0 Å². The second-order valence-electron chi connectivity index (χ2n) is 5.24. The van der Waals surface area contributed by atoms with Crippen LogP contribution in [0.25, 0.3) is 0 Å². The summed E-state index contributed by atoms with van der Waals surface area (Å²) in [5, 5.41) is 3.38. The average molecular weight is 262 g/mol. The van der Waals surface area contributed by atoms with E-state index in [0.717, 1.165) is 50.6 Å². The Morgan fingerprint density at radius 3 is 2.63 bits per heavy atom. The summed E-state index contributed by atoms with van der Waals surface area (Å²) in [4.78, 5) is 2.51. The Labute approximate surface area is 114 Å². The SMILES string of the molecule is Cc1ccc(CCN2CCNCC2)c2c1OCCO2. The second kappa shape index (κ2) is 5.80. The number of nitrogens with one attached hydrogen (secondary N) is 1. The number of ether oxygens (including phenoxy) is 2. The van der Waals surface area contributed by atoms with Crippen LogP contribution in [0.4, 0.5) is 0 Å². The first-order valence-electron chi connectivity index (χ1n) is 7.16. The number of aryl methyl sites for hydroxylation is 1. The molecule has 2 aliphatic rings. The van der Waals surface area contributed by atoms with Gasteiger partial charge in [0, 0.05) is 32.7 Å². The van der Waals surface area contributed by atoms with E-state index in [1.807, 2.05) is 0 Å². The molecule has 0 aliphatic carbocycles. The summed E-state index contributed by atoms with van der Waals surface area (Å²) in [5.41, 5.74) is 2.44. The van der Waals surface area contributed by atoms with Crippen LogP contribution in [0.5, 0.6) is 11.5 Å². The van der Waals surface area contributed by atoms with E-state index in [9.17, 15) is 0 Å². The molecule has 0 unspecified atom stereocenters. The van der Waals surface area contributed by atoms with E-state index in [-0.39, 0.29) is 0 Å². The zero-order chi connectivity index (χ0) is 13.1. The van der Waals surface area contributed by atoms with Crippen molar-refractivity contribution in [2.75, 3.05) is 45.9 Å². The number of piperazine rings is 1. The lowest BCUT2D eigenvalue weighted by Gasteiger charge is -2.28. The predicted molar refractivity (Wildman–Crippen MR) is 75.2 cm³/mol. The van der Waals surface area contributed by atoms with Gasteiger partial charge < -0.3 is 19.7 Å². The molecule has 4 nitrogen and oxygen atoms in total. The van der Waals surface area contributed by atoms with Gasteiger partial charge in [0.1, 0.15) is 13.2 Å². The van der Waals surface area contributed by atoms with Crippen LogP contribution in [0, 0.1) is 6.92 Å². The van der Waals surface area contributed by atoms with E-state index in [1.54, 1.807) is 0 Å². The van der Waals surface area contributed by atoms with Gasteiger partial charge in [-0.05, 0) is 24.5 Å². The van der Waals surface area contributed by atoms with E-state index in [0.29, 0.717) is 13.2 Å². The fourth-order valence-corrected chi connectivity index (χ4v) is 2.74. The lowest BCUT2D eigenvalue weighted by molar-refractivity contribution is 0.168. The molecule has 2 heterocycles. The molecular formula is C15H22N2O2. The van der Waals surface area contributed by atoms with Crippen LogP contribution in [0.15, 0.2) is 12.1 Å². The van der Waals surface area contributed by atoms with Crippen LogP contribution in [0.1, 0.15) is 11.1 Å². The van der Waals surface area contributed by atoms with Crippen LogP contribution in [-0.4, -0.2) is 50.8 Å². The Bertz CT molecular complexity index is 442. The van der Waals surface area contributed by atoms with E-state index >= 15 is 0 Å². The minimum Gasteiger partial charge on any atom is -0.486 e. The molecule has 1 fully saturated rings. The Hall–Kier alpha value is -1.26. The molecule has 0 aromatic heterocycles. The van der Waals surface area contributed by atoms with Crippen LogP contribution >= 0.6 is 0 Å². The second-order valence-corrected chi connectivity index (χ2v) is 5.24. The Morgan fingerprint density at radius 1 is 1.11 bits per heavy atom. The van der Waals surface area contributed by atoms with Gasteiger partial charge in [-0.2, -0.15) is 0 Å². The van der Waals surface area contributed by atoms with Crippen molar-refractivity contribution in [3.8, 4) is 11.5 Å². The van der Waals surface area contributed by atoms with E-state index in [4.69, 9.17) is 9.47 Å². The van der Waals surface area contributed by atoms with Crippen LogP contribution in [-0.2, 0) is 6.42 Å². The highest BCUT2D eigenvalue weighted by atomic mass is 16.6. The van der Waals surface area contributed by atoms with Crippen molar-refractivity contribution < 1.29 is 9.47 Å². The molecule has 1 N–H and O–H groups in total. The van der Waals surface area contributed by atoms with Crippen LogP contribution in [0.3, 0.4) is 0 Å². The molecule has 1 aromatic carbocycles. The van der Waals surface area contributed by atoms with E-state index in [1.165, 1.54) is 11.1 Å². The maximum absolute atomic E-state index is 5.82. The minimum absolute atomic E-state index is 0.662. The highest BCUT2D eigenvalue weighted by molar-refractivity contribution is 5.52. The molecule has 3 rings (SSSR count). The van der Waals surface area contributed by atoms with Crippen molar-refractivity contribution in [2.24, 2.45) is 0 Å². The summed E-state index contributed by atoms with van der Waals surface area (Å²) in [5.74, 6) is 1.92. The fraction of sp³-hybridized carbons (Fsp3) is 0.600. The number of fused-ring (bicyclic) bond motifs is 1. The number of hydrogen-bond donors (Lipinski definition) is 1. The van der Waals surface area contributed by atoms with Gasteiger partial charge in [0.05, 0.1) is 0 Å². The first-order valence-corrected chi connectivity index (χ1v) is 7.16. The van der Waals surface area contributed by atoms with Crippen molar-refractivity contribution in [3.05, 3.63) is 23.3 Å². The van der Waals surface area contributed by atoms with Gasteiger partial charge in [0.15, 0.2) is 11.5 Å². The van der Waals surface area contributed by atoms with Crippen molar-refractivity contribution in [1.82, 2.24) is 10.2 Å². The Morgan fingerprint density at radius 2 is 1.84 bits per heavy atom. The molecule has 1 aromatic rings. The van der Waals surface area contributed by atoms with Crippen molar-refractivity contribution >= 4 is 0 Å². The minimum atomic E-state index is 0.662. The molecular weight excluding hydrogens is 240 g/mol. The number of nitrogens with zero attached hydrogens (tertiary/aromatic N) is 1. The quantitative estimate of drug-likeness (QED) is 0.888. The molecule has 0 amide bonds. The van der Waals surface area contributed by atoms with Gasteiger partial charge >= 0.3 is 0 Å². The largest absolute Gasteiger partial charge is 0.486 e. The van der Waals surface area contributed by atoms with E-state index in [2.05, 4.69) is 29.3 Å². The lowest BCUT2D eigenvalue weighted by atomic mass is 10.1.